The maximum atomic E-state index is 13.4. The second kappa shape index (κ2) is 11.5. The maximum absolute atomic E-state index is 13.4. The largest absolute Gasteiger partial charge is 0.383 e. The Bertz CT molecular complexity index is 1080. The lowest BCUT2D eigenvalue weighted by Crippen LogP contribution is -2.44. The van der Waals surface area contributed by atoms with Gasteiger partial charge in [0.05, 0.1) is 18.8 Å². The van der Waals surface area contributed by atoms with E-state index in [1.54, 1.807) is 12.1 Å². The highest BCUT2D eigenvalue weighted by atomic mass is 16.5. The first-order valence-electron chi connectivity index (χ1n) is 11.6. The number of methoxy groups -OCH3 is 1. The zero-order chi connectivity index (χ0) is 24.8. The van der Waals surface area contributed by atoms with Gasteiger partial charge in [-0.15, -0.1) is 0 Å². The Morgan fingerprint density at radius 1 is 1.21 bits per heavy atom. The molecular weight excluding hydrogens is 438 g/mol. The number of nitrogens with two attached hydrogens (primary N) is 1. The molecule has 1 aliphatic heterocycles. The minimum absolute atomic E-state index is 0.0350. The molecule has 0 bridgehead atoms. The smallest absolute Gasteiger partial charge is 0.330 e. The Kier molecular flexibility index (Phi) is 8.65. The molecule has 2 unspecified atom stereocenters. The topological polar surface area (TPSA) is 123 Å². The Balaban J connectivity index is 1.87. The van der Waals surface area contributed by atoms with Gasteiger partial charge in [-0.3, -0.25) is 28.9 Å². The van der Waals surface area contributed by atoms with E-state index in [4.69, 9.17) is 15.2 Å². The van der Waals surface area contributed by atoms with E-state index in [-0.39, 0.29) is 36.9 Å². The van der Waals surface area contributed by atoms with Gasteiger partial charge in [-0.1, -0.05) is 19.1 Å². The van der Waals surface area contributed by atoms with Crippen molar-refractivity contribution in [2.45, 2.75) is 52.5 Å². The van der Waals surface area contributed by atoms with Gasteiger partial charge in [-0.05, 0) is 38.0 Å². The van der Waals surface area contributed by atoms with Gasteiger partial charge < -0.3 is 15.2 Å². The number of benzene rings is 1. The summed E-state index contributed by atoms with van der Waals surface area (Å²) in [6, 6.07) is 7.32. The molecular formula is C24H35N5O5. The van der Waals surface area contributed by atoms with Gasteiger partial charge >= 0.3 is 5.69 Å². The van der Waals surface area contributed by atoms with E-state index in [1.807, 2.05) is 19.1 Å². The predicted octanol–water partition coefficient (Wildman–Crippen LogP) is 1.43. The second-order valence-electron chi connectivity index (χ2n) is 8.74. The predicted molar refractivity (Wildman–Crippen MR) is 131 cm³/mol. The Hall–Kier alpha value is -2.95. The molecule has 0 spiro atoms. The van der Waals surface area contributed by atoms with E-state index >= 15 is 0 Å². The minimum atomic E-state index is -0.702. The van der Waals surface area contributed by atoms with Crippen LogP contribution in [0.4, 0.5) is 11.5 Å². The van der Waals surface area contributed by atoms with E-state index in [1.165, 1.54) is 16.6 Å². The number of hydrogen-bond donors (Lipinski definition) is 2. The van der Waals surface area contributed by atoms with Gasteiger partial charge in [0.15, 0.2) is 5.69 Å². The van der Waals surface area contributed by atoms with Gasteiger partial charge in [0, 0.05) is 45.4 Å². The standard InChI is InChI=1S/C24H35N5O5/c1-5-10-29-21(25)20(22(30)26-24(29)32)28(11-12-33-4)23(31)19-8-6-18(7-9-19)15-27-13-16(2)34-17(3)14-27/h6-9,16-17H,5,10-15,25H2,1-4H3,(H,26,30,32). The van der Waals surface area contributed by atoms with Gasteiger partial charge in [0.1, 0.15) is 5.82 Å². The van der Waals surface area contributed by atoms with Crippen LogP contribution in [0.1, 0.15) is 43.1 Å². The number of aromatic nitrogens is 2. The summed E-state index contributed by atoms with van der Waals surface area (Å²) in [4.78, 5) is 44.2. The van der Waals surface area contributed by atoms with Crippen molar-refractivity contribution in [3.05, 3.63) is 56.2 Å². The molecule has 1 amide bonds. The van der Waals surface area contributed by atoms with E-state index in [0.717, 1.165) is 25.2 Å². The first-order valence-corrected chi connectivity index (χ1v) is 11.6. The fraction of sp³-hybridized carbons (Fsp3) is 0.542. The number of nitrogens with zero attached hydrogens (tertiary/aromatic N) is 3. The summed E-state index contributed by atoms with van der Waals surface area (Å²) < 4.78 is 12.2. The Morgan fingerprint density at radius 3 is 2.44 bits per heavy atom. The molecule has 10 heteroatoms. The van der Waals surface area contributed by atoms with Crippen LogP contribution in [0, 0.1) is 0 Å². The lowest BCUT2D eigenvalue weighted by Gasteiger charge is -2.35. The molecule has 3 N–H and O–H groups in total. The van der Waals surface area contributed by atoms with Crippen LogP contribution in [0.3, 0.4) is 0 Å². The number of amides is 1. The highest BCUT2D eigenvalue weighted by Gasteiger charge is 2.26. The Labute approximate surface area is 199 Å². The highest BCUT2D eigenvalue weighted by Crippen LogP contribution is 2.21. The molecule has 2 aromatic rings. The van der Waals surface area contributed by atoms with E-state index in [9.17, 15) is 14.4 Å². The Morgan fingerprint density at radius 2 is 1.85 bits per heavy atom. The summed E-state index contributed by atoms with van der Waals surface area (Å²) in [5.74, 6) is -0.427. The summed E-state index contributed by atoms with van der Waals surface area (Å²) >= 11 is 0. The van der Waals surface area contributed by atoms with Crippen molar-refractivity contribution in [1.82, 2.24) is 14.5 Å². The monoisotopic (exact) mass is 473 g/mol. The van der Waals surface area contributed by atoms with Crippen molar-refractivity contribution >= 4 is 17.4 Å². The number of hydrogen-bond acceptors (Lipinski definition) is 7. The second-order valence-corrected chi connectivity index (χ2v) is 8.74. The fourth-order valence-electron chi connectivity index (χ4n) is 4.36. The average Bonchev–Trinajstić information content (AvgIpc) is 2.78. The first-order chi connectivity index (χ1) is 16.2. The van der Waals surface area contributed by atoms with Crippen LogP contribution in [0.25, 0.3) is 0 Å². The first kappa shape index (κ1) is 25.7. The molecule has 2 atom stereocenters. The summed E-state index contributed by atoms with van der Waals surface area (Å²) in [5.41, 5.74) is 6.35. The SMILES string of the molecule is CCCn1c(N)c(N(CCOC)C(=O)c2ccc(CN3CC(C)OC(C)C3)cc2)c(=O)[nH]c1=O. The molecule has 1 aromatic carbocycles. The van der Waals surface area contributed by atoms with Crippen molar-refractivity contribution < 1.29 is 14.3 Å². The van der Waals surface area contributed by atoms with Crippen LogP contribution in [-0.2, 0) is 22.6 Å². The summed E-state index contributed by atoms with van der Waals surface area (Å²) in [5, 5.41) is 0. The summed E-state index contributed by atoms with van der Waals surface area (Å²) in [6.07, 6.45) is 1.00. The highest BCUT2D eigenvalue weighted by molar-refractivity contribution is 6.07. The molecule has 0 saturated carbocycles. The third kappa shape index (κ3) is 5.94. The number of nitrogen functional groups attached to an aromatic ring is 1. The molecule has 1 aliphatic rings. The maximum Gasteiger partial charge on any atom is 0.330 e. The summed E-state index contributed by atoms with van der Waals surface area (Å²) in [7, 11) is 1.51. The quantitative estimate of drug-likeness (QED) is 0.565. The molecule has 1 aromatic heterocycles. The molecule has 0 radical (unpaired) electrons. The van der Waals surface area contributed by atoms with Crippen molar-refractivity contribution in [2.75, 3.05) is 44.0 Å². The molecule has 186 valence electrons. The van der Waals surface area contributed by atoms with Crippen molar-refractivity contribution in [2.24, 2.45) is 0 Å². The number of carbonyl (C=O) groups excluding carboxylic acids is 1. The summed E-state index contributed by atoms with van der Waals surface area (Å²) in [6.45, 7) is 9.12. The van der Waals surface area contributed by atoms with Crippen LogP contribution in [0.5, 0.6) is 0 Å². The number of aromatic amines is 1. The number of nitrogens with one attached hydrogen (secondary N) is 1. The molecule has 10 nitrogen and oxygen atoms in total. The van der Waals surface area contributed by atoms with Gasteiger partial charge in [-0.25, -0.2) is 4.79 Å². The van der Waals surface area contributed by atoms with Crippen LogP contribution < -0.4 is 21.9 Å². The van der Waals surface area contributed by atoms with Crippen LogP contribution in [0.15, 0.2) is 33.9 Å². The molecule has 2 heterocycles. The third-order valence-corrected chi connectivity index (χ3v) is 5.80. The van der Waals surface area contributed by atoms with Gasteiger partial charge in [-0.2, -0.15) is 0 Å². The zero-order valence-electron chi connectivity index (χ0n) is 20.4. The molecule has 0 aliphatic carbocycles. The number of carbonyl (C=O) groups is 1. The van der Waals surface area contributed by atoms with E-state index in [2.05, 4.69) is 23.7 Å². The van der Waals surface area contributed by atoms with Crippen LogP contribution in [0.2, 0.25) is 0 Å². The fourth-order valence-corrected chi connectivity index (χ4v) is 4.36. The molecule has 1 fully saturated rings. The zero-order valence-corrected chi connectivity index (χ0v) is 20.4. The van der Waals surface area contributed by atoms with E-state index < -0.39 is 17.2 Å². The minimum Gasteiger partial charge on any atom is -0.383 e. The van der Waals surface area contributed by atoms with Crippen molar-refractivity contribution in [3.63, 3.8) is 0 Å². The van der Waals surface area contributed by atoms with Crippen LogP contribution >= 0.6 is 0 Å². The van der Waals surface area contributed by atoms with Gasteiger partial charge in [0.2, 0.25) is 0 Å². The molecule has 3 rings (SSSR count). The number of anilines is 2. The van der Waals surface area contributed by atoms with Gasteiger partial charge in [0.25, 0.3) is 11.5 Å². The number of morpholine rings is 1. The third-order valence-electron chi connectivity index (χ3n) is 5.80. The number of ether oxygens (including phenoxy) is 2. The number of H-pyrrole nitrogens is 1. The molecule has 34 heavy (non-hydrogen) atoms. The average molecular weight is 474 g/mol. The lowest BCUT2D eigenvalue weighted by atomic mass is 10.1. The normalized spacial score (nSPS) is 18.7. The number of rotatable bonds is 9. The van der Waals surface area contributed by atoms with E-state index in [0.29, 0.717) is 18.5 Å². The van der Waals surface area contributed by atoms with Crippen LogP contribution in [-0.4, -0.2) is 65.9 Å². The molecule has 1 saturated heterocycles. The van der Waals surface area contributed by atoms with Crippen molar-refractivity contribution in [1.29, 1.82) is 0 Å². The van der Waals surface area contributed by atoms with Crippen molar-refractivity contribution in [3.8, 4) is 0 Å². The lowest BCUT2D eigenvalue weighted by molar-refractivity contribution is -0.0704.